The van der Waals surface area contributed by atoms with Crippen molar-refractivity contribution >= 4 is 28.0 Å². The molecule has 0 saturated heterocycles. The number of unbranched alkanes of at least 4 members (excludes halogenated alkanes) is 1. The summed E-state index contributed by atoms with van der Waals surface area (Å²) in [5.74, 6) is 0. The topological polar surface area (TPSA) is 30.2 Å². The van der Waals surface area contributed by atoms with E-state index in [4.69, 9.17) is 11.6 Å². The number of nitrogens with zero attached hydrogens (tertiary/aromatic N) is 3. The van der Waals surface area contributed by atoms with Crippen LogP contribution in [0.3, 0.4) is 0 Å². The van der Waals surface area contributed by atoms with E-state index in [-0.39, 0.29) is 0 Å². The molecule has 0 fully saturated rings. The molecule has 18 heavy (non-hydrogen) atoms. The molecule has 0 atom stereocenters. The summed E-state index contributed by atoms with van der Waals surface area (Å²) in [4.78, 5) is 4.39. The van der Waals surface area contributed by atoms with E-state index < -0.39 is 0 Å². The fourth-order valence-electron chi connectivity index (χ4n) is 2.16. The lowest BCUT2D eigenvalue weighted by Gasteiger charge is -1.99. The van der Waals surface area contributed by atoms with E-state index in [1.165, 1.54) is 6.42 Å². The second-order valence-electron chi connectivity index (χ2n) is 4.48. The summed E-state index contributed by atoms with van der Waals surface area (Å²) in [6.07, 6.45) is 5.12. The Morgan fingerprint density at radius 1 is 1.28 bits per heavy atom. The molecule has 0 N–H and O–H groups in total. The zero-order valence-electron chi connectivity index (χ0n) is 10.2. The van der Waals surface area contributed by atoms with Crippen molar-refractivity contribution in [3.63, 3.8) is 0 Å². The van der Waals surface area contributed by atoms with Crippen molar-refractivity contribution in [3.8, 4) is 0 Å². The van der Waals surface area contributed by atoms with E-state index in [1.807, 2.05) is 22.7 Å². The molecule has 92 valence electrons. The van der Waals surface area contributed by atoms with Gasteiger partial charge in [0.1, 0.15) is 6.33 Å². The van der Waals surface area contributed by atoms with Gasteiger partial charge in [0.25, 0.3) is 0 Å². The van der Waals surface area contributed by atoms with Crippen LogP contribution in [0.1, 0.15) is 25.5 Å². The monoisotopic (exact) mass is 259 g/mol. The predicted molar refractivity (Wildman–Crippen MR) is 74.1 cm³/mol. The summed E-state index contributed by atoms with van der Waals surface area (Å²) >= 11 is 6.05. The van der Waals surface area contributed by atoms with Gasteiger partial charge < -0.3 is 0 Å². The number of aryl methyl sites for hydroxylation is 1. The Labute approximate surface area is 110 Å². The van der Waals surface area contributed by atoms with E-state index in [0.29, 0.717) is 0 Å². The van der Waals surface area contributed by atoms with E-state index in [2.05, 4.69) is 23.1 Å². The molecule has 4 heteroatoms. The number of benzene rings is 1. The van der Waals surface area contributed by atoms with Crippen molar-refractivity contribution < 1.29 is 0 Å². The van der Waals surface area contributed by atoms with Crippen LogP contribution in [0.5, 0.6) is 0 Å². The number of fused-ring (bicyclic) bond motifs is 3. The molecule has 0 bridgehead atoms. The van der Waals surface area contributed by atoms with Crippen molar-refractivity contribution in [2.75, 3.05) is 0 Å². The van der Waals surface area contributed by atoms with Gasteiger partial charge in [0.15, 0.2) is 0 Å². The molecule has 0 spiro atoms. The number of hydrogen-bond donors (Lipinski definition) is 0. The van der Waals surface area contributed by atoms with Crippen LogP contribution in [-0.2, 0) is 6.42 Å². The molecule has 3 rings (SSSR count). The average Bonchev–Trinajstić information content (AvgIpc) is 2.79. The highest BCUT2D eigenvalue weighted by atomic mass is 35.5. The Balaban J connectivity index is 2.19. The Morgan fingerprint density at radius 3 is 3.00 bits per heavy atom. The molecule has 0 radical (unpaired) electrons. The zero-order valence-corrected chi connectivity index (χ0v) is 11.0. The molecule has 3 aromatic rings. The summed E-state index contributed by atoms with van der Waals surface area (Å²) < 4.78 is 1.84. The van der Waals surface area contributed by atoms with Crippen LogP contribution in [-0.4, -0.2) is 14.6 Å². The van der Waals surface area contributed by atoms with Crippen molar-refractivity contribution in [2.24, 2.45) is 0 Å². The number of aromatic nitrogens is 3. The summed E-state index contributed by atoms with van der Waals surface area (Å²) in [7, 11) is 0. The van der Waals surface area contributed by atoms with E-state index in [9.17, 15) is 0 Å². The van der Waals surface area contributed by atoms with Gasteiger partial charge in [0.05, 0.1) is 16.7 Å². The Bertz CT molecular complexity index is 703. The van der Waals surface area contributed by atoms with Crippen LogP contribution in [0.2, 0.25) is 5.02 Å². The summed E-state index contributed by atoms with van der Waals surface area (Å²) in [5.41, 5.74) is 3.15. The fourth-order valence-corrected chi connectivity index (χ4v) is 2.33. The number of rotatable bonds is 3. The van der Waals surface area contributed by atoms with Gasteiger partial charge in [-0.3, -0.25) is 0 Å². The highest BCUT2D eigenvalue weighted by molar-refractivity contribution is 6.31. The Hall–Kier alpha value is -1.61. The maximum atomic E-state index is 6.05. The average molecular weight is 260 g/mol. The molecule has 0 amide bonds. The van der Waals surface area contributed by atoms with Gasteiger partial charge in [0.2, 0.25) is 0 Å². The molecular weight excluding hydrogens is 246 g/mol. The number of hydrogen-bond acceptors (Lipinski definition) is 2. The molecule has 0 aliphatic rings. The first-order valence-electron chi connectivity index (χ1n) is 6.20. The first-order chi connectivity index (χ1) is 8.78. The van der Waals surface area contributed by atoms with Crippen LogP contribution in [0.15, 0.2) is 30.6 Å². The van der Waals surface area contributed by atoms with Gasteiger partial charge in [-0.15, -0.1) is 0 Å². The van der Waals surface area contributed by atoms with Crippen molar-refractivity contribution in [1.82, 2.24) is 14.6 Å². The second-order valence-corrected chi connectivity index (χ2v) is 4.91. The molecule has 0 saturated carbocycles. The van der Waals surface area contributed by atoms with Crippen molar-refractivity contribution in [1.29, 1.82) is 0 Å². The molecule has 2 heterocycles. The second kappa shape index (κ2) is 4.58. The van der Waals surface area contributed by atoms with Crippen molar-refractivity contribution in [3.05, 3.63) is 41.3 Å². The van der Waals surface area contributed by atoms with Gasteiger partial charge >= 0.3 is 0 Å². The van der Waals surface area contributed by atoms with Gasteiger partial charge in [0, 0.05) is 10.4 Å². The summed E-state index contributed by atoms with van der Waals surface area (Å²) in [6.45, 7) is 2.19. The van der Waals surface area contributed by atoms with Crippen LogP contribution < -0.4 is 0 Å². The maximum absolute atomic E-state index is 6.05. The SMILES string of the molecule is CCCCc1cc2c3cc(Cl)ccc3ncn2n1. The Morgan fingerprint density at radius 2 is 2.17 bits per heavy atom. The molecular formula is C14H14ClN3. The van der Waals surface area contributed by atoms with Gasteiger partial charge in [-0.1, -0.05) is 24.9 Å². The molecule has 0 aliphatic carbocycles. The maximum Gasteiger partial charge on any atom is 0.118 e. The van der Waals surface area contributed by atoms with Crippen LogP contribution in [0.4, 0.5) is 0 Å². The van der Waals surface area contributed by atoms with Gasteiger partial charge in [-0.05, 0) is 37.1 Å². The normalized spacial score (nSPS) is 11.4. The lowest BCUT2D eigenvalue weighted by molar-refractivity contribution is 0.760. The minimum absolute atomic E-state index is 0.730. The van der Waals surface area contributed by atoms with Crippen LogP contribution in [0.25, 0.3) is 16.4 Å². The van der Waals surface area contributed by atoms with Crippen LogP contribution >= 0.6 is 11.6 Å². The standard InChI is InChI=1S/C14H14ClN3/c1-2-3-4-11-8-14-12-7-10(15)5-6-13(12)16-9-18(14)17-11/h5-9H,2-4H2,1H3. The molecule has 1 aromatic carbocycles. The molecule has 0 unspecified atom stereocenters. The minimum Gasteiger partial charge on any atom is -0.236 e. The van der Waals surface area contributed by atoms with E-state index in [0.717, 1.165) is 40.0 Å². The first-order valence-corrected chi connectivity index (χ1v) is 6.58. The third kappa shape index (κ3) is 1.95. The quantitative estimate of drug-likeness (QED) is 0.715. The lowest BCUT2D eigenvalue weighted by Crippen LogP contribution is -1.92. The molecule has 3 nitrogen and oxygen atoms in total. The number of halogens is 1. The van der Waals surface area contributed by atoms with E-state index in [1.54, 1.807) is 6.33 Å². The zero-order chi connectivity index (χ0) is 12.5. The smallest absolute Gasteiger partial charge is 0.118 e. The summed E-state index contributed by atoms with van der Waals surface area (Å²) in [5, 5.41) is 6.33. The Kier molecular flexibility index (Phi) is 2.92. The van der Waals surface area contributed by atoms with Crippen LogP contribution in [0, 0.1) is 0 Å². The first kappa shape index (κ1) is 11.5. The summed E-state index contributed by atoms with van der Waals surface area (Å²) in [6, 6.07) is 7.89. The van der Waals surface area contributed by atoms with Crippen molar-refractivity contribution in [2.45, 2.75) is 26.2 Å². The predicted octanol–water partition coefficient (Wildman–Crippen LogP) is 3.88. The van der Waals surface area contributed by atoms with Gasteiger partial charge in [-0.25, -0.2) is 9.50 Å². The fraction of sp³-hybridized carbons (Fsp3) is 0.286. The minimum atomic E-state index is 0.730. The van der Waals surface area contributed by atoms with E-state index >= 15 is 0 Å². The molecule has 0 aliphatic heterocycles. The largest absolute Gasteiger partial charge is 0.236 e. The highest BCUT2D eigenvalue weighted by Gasteiger charge is 2.06. The third-order valence-corrected chi connectivity index (χ3v) is 3.35. The van der Waals surface area contributed by atoms with Gasteiger partial charge in [-0.2, -0.15) is 5.10 Å². The molecule has 2 aromatic heterocycles. The lowest BCUT2D eigenvalue weighted by atomic mass is 10.1. The third-order valence-electron chi connectivity index (χ3n) is 3.11. The highest BCUT2D eigenvalue weighted by Crippen LogP contribution is 2.22.